The zero-order chi connectivity index (χ0) is 25.9. The standard InChI is InChI=1S/C28H26ClN5O3/c1-16-3-8-23-22(11-16)31-25-9-10-28(2,14-33(23)25)32-26(35)19-6-5-18(13-20(19)29)34-15-30-21-7-4-17(27(36)37)12-24(21)34/h3-8,11-13,30H,9-10,14-15H2,1-2H3,(H,32,35)(H,36,37)/t28-/m1/s1. The first-order valence-corrected chi connectivity index (χ1v) is 12.6. The third-order valence-corrected chi connectivity index (χ3v) is 7.59. The lowest BCUT2D eigenvalue weighted by molar-refractivity contribution is 0.0696. The van der Waals surface area contributed by atoms with Crippen LogP contribution in [0, 0.1) is 6.92 Å². The summed E-state index contributed by atoms with van der Waals surface area (Å²) in [5, 5.41) is 16.2. The van der Waals surface area contributed by atoms with Crippen LogP contribution in [-0.2, 0) is 13.0 Å². The lowest BCUT2D eigenvalue weighted by atomic mass is 9.91. The van der Waals surface area contributed by atoms with Crippen LogP contribution in [0.2, 0.25) is 5.02 Å². The van der Waals surface area contributed by atoms with Gasteiger partial charge in [-0.05, 0) is 74.4 Å². The summed E-state index contributed by atoms with van der Waals surface area (Å²) in [5.41, 5.74) is 5.75. The van der Waals surface area contributed by atoms with E-state index in [0.29, 0.717) is 23.8 Å². The van der Waals surface area contributed by atoms with Gasteiger partial charge in [-0.1, -0.05) is 17.7 Å². The molecule has 1 aromatic heterocycles. The smallest absolute Gasteiger partial charge is 0.335 e. The van der Waals surface area contributed by atoms with Gasteiger partial charge in [0.05, 0.1) is 50.8 Å². The Kier molecular flexibility index (Phi) is 5.38. The SMILES string of the molecule is Cc1ccc2c(c1)nc1n2C[C@](C)(NC(=O)c2ccc(N3CNc4ccc(C(=O)O)cc43)cc2Cl)CC1. The van der Waals surface area contributed by atoms with Crippen molar-refractivity contribution in [3.63, 3.8) is 0 Å². The molecule has 3 heterocycles. The maximum Gasteiger partial charge on any atom is 0.335 e. The second-order valence-corrected chi connectivity index (χ2v) is 10.5. The zero-order valence-corrected chi connectivity index (χ0v) is 21.3. The lowest BCUT2D eigenvalue weighted by Gasteiger charge is -2.35. The average molecular weight is 516 g/mol. The number of nitrogens with one attached hydrogen (secondary N) is 2. The first-order valence-electron chi connectivity index (χ1n) is 12.2. The van der Waals surface area contributed by atoms with E-state index in [1.165, 1.54) is 5.56 Å². The topological polar surface area (TPSA) is 99.5 Å². The number of carboxylic acid groups (broad SMARTS) is 1. The highest BCUT2D eigenvalue weighted by molar-refractivity contribution is 6.34. The number of imidazole rings is 1. The first kappa shape index (κ1) is 23.4. The molecule has 0 fully saturated rings. The summed E-state index contributed by atoms with van der Waals surface area (Å²) in [4.78, 5) is 31.5. The molecule has 188 valence electrons. The molecule has 6 rings (SSSR count). The van der Waals surface area contributed by atoms with Crippen LogP contribution < -0.4 is 15.5 Å². The van der Waals surface area contributed by atoms with Gasteiger partial charge >= 0.3 is 5.97 Å². The van der Waals surface area contributed by atoms with Crippen LogP contribution in [0.25, 0.3) is 11.0 Å². The average Bonchev–Trinajstić information content (AvgIpc) is 3.43. The summed E-state index contributed by atoms with van der Waals surface area (Å²) < 4.78 is 2.20. The minimum atomic E-state index is -0.984. The normalized spacial score (nSPS) is 18.3. The molecule has 3 N–H and O–H groups in total. The molecule has 0 unspecified atom stereocenters. The van der Waals surface area contributed by atoms with Crippen molar-refractivity contribution in [1.82, 2.24) is 14.9 Å². The van der Waals surface area contributed by atoms with Crippen molar-refractivity contribution >= 4 is 51.6 Å². The van der Waals surface area contributed by atoms with Crippen LogP contribution in [0.5, 0.6) is 0 Å². The first-order chi connectivity index (χ1) is 17.7. The fourth-order valence-corrected chi connectivity index (χ4v) is 5.55. The van der Waals surface area contributed by atoms with E-state index in [4.69, 9.17) is 16.6 Å². The molecule has 1 atom stereocenters. The summed E-state index contributed by atoms with van der Waals surface area (Å²) in [6, 6.07) is 16.5. The zero-order valence-electron chi connectivity index (χ0n) is 20.5. The number of aromatic carboxylic acids is 1. The number of aromatic nitrogens is 2. The lowest BCUT2D eigenvalue weighted by Crippen LogP contribution is -2.51. The molecular weight excluding hydrogens is 490 g/mol. The quantitative estimate of drug-likeness (QED) is 0.339. The Labute approximate surface area is 218 Å². The highest BCUT2D eigenvalue weighted by atomic mass is 35.5. The number of fused-ring (bicyclic) bond motifs is 4. The predicted octanol–water partition coefficient (Wildman–Crippen LogP) is 5.35. The predicted molar refractivity (Wildman–Crippen MR) is 144 cm³/mol. The van der Waals surface area contributed by atoms with E-state index in [9.17, 15) is 14.7 Å². The van der Waals surface area contributed by atoms with Gasteiger partial charge in [-0.2, -0.15) is 0 Å². The Morgan fingerprint density at radius 1 is 1.14 bits per heavy atom. The molecule has 2 aliphatic heterocycles. The van der Waals surface area contributed by atoms with Crippen molar-refractivity contribution in [3.8, 4) is 0 Å². The second kappa shape index (κ2) is 8.52. The third kappa shape index (κ3) is 4.07. The molecule has 4 aromatic rings. The van der Waals surface area contributed by atoms with Gasteiger partial charge < -0.3 is 25.2 Å². The number of rotatable bonds is 4. The Balaban J connectivity index is 1.23. The summed E-state index contributed by atoms with van der Waals surface area (Å²) in [6.45, 7) is 5.22. The molecule has 9 heteroatoms. The van der Waals surface area contributed by atoms with Crippen LogP contribution >= 0.6 is 11.6 Å². The van der Waals surface area contributed by atoms with E-state index in [1.54, 1.807) is 30.3 Å². The van der Waals surface area contributed by atoms with Crippen LogP contribution in [-0.4, -0.2) is 38.7 Å². The number of amides is 1. The Morgan fingerprint density at radius 3 is 2.76 bits per heavy atom. The molecule has 3 aromatic carbocycles. The summed E-state index contributed by atoms with van der Waals surface area (Å²) in [6.07, 6.45) is 1.55. The van der Waals surface area contributed by atoms with Crippen LogP contribution in [0.15, 0.2) is 54.6 Å². The van der Waals surface area contributed by atoms with Crippen LogP contribution in [0.4, 0.5) is 17.1 Å². The fourth-order valence-electron chi connectivity index (χ4n) is 5.29. The fraction of sp³-hybridized carbons (Fsp3) is 0.250. The molecule has 0 aliphatic carbocycles. The number of carboxylic acids is 1. The molecule has 37 heavy (non-hydrogen) atoms. The minimum Gasteiger partial charge on any atom is -0.478 e. The number of anilines is 3. The van der Waals surface area contributed by atoms with Gasteiger partial charge in [0.2, 0.25) is 0 Å². The third-order valence-electron chi connectivity index (χ3n) is 7.28. The Bertz CT molecular complexity index is 1600. The van der Waals surface area contributed by atoms with Gasteiger partial charge in [-0.15, -0.1) is 0 Å². The van der Waals surface area contributed by atoms with E-state index < -0.39 is 11.5 Å². The Morgan fingerprint density at radius 2 is 1.97 bits per heavy atom. The van der Waals surface area contributed by atoms with Gasteiger partial charge in [-0.3, -0.25) is 4.79 Å². The van der Waals surface area contributed by atoms with E-state index >= 15 is 0 Å². The number of hydrogen-bond acceptors (Lipinski definition) is 5. The van der Waals surface area contributed by atoms with Crippen molar-refractivity contribution < 1.29 is 14.7 Å². The summed E-state index contributed by atoms with van der Waals surface area (Å²) in [5.74, 6) is -0.169. The molecule has 0 spiro atoms. The molecule has 0 radical (unpaired) electrons. The maximum absolute atomic E-state index is 13.3. The minimum absolute atomic E-state index is 0.208. The number of benzene rings is 3. The van der Waals surface area contributed by atoms with E-state index in [1.807, 2.05) is 11.0 Å². The van der Waals surface area contributed by atoms with Gasteiger partial charge in [0.15, 0.2) is 0 Å². The number of carbonyl (C=O) groups is 2. The molecular formula is C28H26ClN5O3. The van der Waals surface area contributed by atoms with E-state index in [0.717, 1.165) is 46.8 Å². The molecule has 0 saturated carbocycles. The second-order valence-electron chi connectivity index (χ2n) is 10.1. The van der Waals surface area contributed by atoms with Crippen molar-refractivity contribution in [2.75, 3.05) is 16.9 Å². The monoisotopic (exact) mass is 515 g/mol. The molecule has 1 amide bonds. The largest absolute Gasteiger partial charge is 0.478 e. The van der Waals surface area contributed by atoms with Gasteiger partial charge in [-0.25, -0.2) is 9.78 Å². The van der Waals surface area contributed by atoms with Gasteiger partial charge in [0.25, 0.3) is 5.91 Å². The van der Waals surface area contributed by atoms with Crippen LogP contribution in [0.1, 0.15) is 45.4 Å². The van der Waals surface area contributed by atoms with Crippen molar-refractivity contribution in [1.29, 1.82) is 0 Å². The molecule has 0 bridgehead atoms. The molecule has 8 nitrogen and oxygen atoms in total. The number of carbonyl (C=O) groups excluding carboxylic acids is 1. The van der Waals surface area contributed by atoms with Crippen molar-refractivity contribution in [3.05, 3.63) is 82.1 Å². The maximum atomic E-state index is 13.3. The molecule has 2 aliphatic rings. The van der Waals surface area contributed by atoms with Gasteiger partial charge in [0, 0.05) is 18.7 Å². The number of halogens is 1. The highest BCUT2D eigenvalue weighted by Crippen LogP contribution is 2.39. The summed E-state index contributed by atoms with van der Waals surface area (Å²) in [7, 11) is 0. The van der Waals surface area contributed by atoms with Gasteiger partial charge in [0.1, 0.15) is 5.82 Å². The highest BCUT2D eigenvalue weighted by Gasteiger charge is 2.34. The summed E-state index contributed by atoms with van der Waals surface area (Å²) >= 11 is 6.61. The van der Waals surface area contributed by atoms with Crippen molar-refractivity contribution in [2.45, 2.75) is 38.8 Å². The number of nitrogens with zero attached hydrogens (tertiary/aromatic N) is 3. The van der Waals surface area contributed by atoms with Crippen LogP contribution in [0.3, 0.4) is 0 Å². The van der Waals surface area contributed by atoms with Crippen molar-refractivity contribution in [2.24, 2.45) is 0 Å². The number of hydrogen-bond donors (Lipinski definition) is 3. The van der Waals surface area contributed by atoms with E-state index in [-0.39, 0.29) is 11.5 Å². The number of aryl methyl sites for hydroxylation is 2. The molecule has 0 saturated heterocycles. The van der Waals surface area contributed by atoms with E-state index in [2.05, 4.69) is 47.2 Å². The Hall–Kier alpha value is -4.04.